The van der Waals surface area contributed by atoms with E-state index >= 15 is 0 Å². The Kier molecular flexibility index (Phi) is 3.17. The molecular formula is C8H3Br3. The monoisotopic (exact) mass is 336 g/mol. The number of benzene rings is 1. The van der Waals surface area contributed by atoms with E-state index in [0.717, 1.165) is 19.0 Å². The largest absolute Gasteiger partial charge is 0.115 e. The highest BCUT2D eigenvalue weighted by atomic mass is 79.9. The van der Waals surface area contributed by atoms with Crippen LogP contribution >= 0.6 is 47.8 Å². The van der Waals surface area contributed by atoms with Crippen molar-refractivity contribution >= 4 is 47.8 Å². The summed E-state index contributed by atoms with van der Waals surface area (Å²) in [6.07, 6.45) is 5.27. The fraction of sp³-hybridized carbons (Fsp3) is 0. The Morgan fingerprint density at radius 3 is 2.36 bits per heavy atom. The quantitative estimate of drug-likeness (QED) is 0.496. The summed E-state index contributed by atoms with van der Waals surface area (Å²) in [6.45, 7) is 0. The lowest BCUT2D eigenvalue weighted by Crippen LogP contribution is -1.78. The number of halogens is 3. The smallest absolute Gasteiger partial charge is 0.0474 e. The van der Waals surface area contributed by atoms with Crippen molar-refractivity contribution in [3.8, 4) is 12.3 Å². The van der Waals surface area contributed by atoms with Crippen molar-refractivity contribution in [3.05, 3.63) is 31.1 Å². The molecule has 0 nitrogen and oxygen atoms in total. The first-order chi connectivity index (χ1) is 5.15. The molecule has 0 heterocycles. The van der Waals surface area contributed by atoms with Gasteiger partial charge in [-0.05, 0) is 44.0 Å². The zero-order chi connectivity index (χ0) is 8.43. The lowest BCUT2D eigenvalue weighted by molar-refractivity contribution is 1.51. The standard InChI is InChI=1S/C8H3Br3/c1-2-5-3-6(9)4-7(10)8(5)11/h1,3-4H. The van der Waals surface area contributed by atoms with Crippen molar-refractivity contribution in [2.45, 2.75) is 0 Å². The molecule has 0 aliphatic heterocycles. The van der Waals surface area contributed by atoms with Gasteiger partial charge in [0.05, 0.1) is 0 Å². The summed E-state index contributed by atoms with van der Waals surface area (Å²) in [5.74, 6) is 2.57. The van der Waals surface area contributed by atoms with Gasteiger partial charge in [0.1, 0.15) is 0 Å². The summed E-state index contributed by atoms with van der Waals surface area (Å²) in [5, 5.41) is 0. The summed E-state index contributed by atoms with van der Waals surface area (Å²) < 4.78 is 2.85. The molecule has 1 rings (SSSR count). The van der Waals surface area contributed by atoms with Crippen LogP contribution in [0.2, 0.25) is 0 Å². The molecule has 0 saturated carbocycles. The minimum atomic E-state index is 0.839. The summed E-state index contributed by atoms with van der Waals surface area (Å²) >= 11 is 10.1. The predicted molar refractivity (Wildman–Crippen MR) is 57.5 cm³/mol. The van der Waals surface area contributed by atoms with E-state index in [1.807, 2.05) is 12.1 Å². The van der Waals surface area contributed by atoms with Gasteiger partial charge in [0.2, 0.25) is 0 Å². The van der Waals surface area contributed by atoms with E-state index < -0.39 is 0 Å². The Morgan fingerprint density at radius 2 is 1.82 bits per heavy atom. The van der Waals surface area contributed by atoms with Crippen LogP contribution in [-0.4, -0.2) is 0 Å². The molecule has 3 heteroatoms. The second kappa shape index (κ2) is 3.75. The van der Waals surface area contributed by atoms with Crippen LogP contribution in [0, 0.1) is 12.3 Å². The molecule has 1 aromatic carbocycles. The SMILES string of the molecule is C#Cc1cc(Br)cc(Br)c1Br. The number of rotatable bonds is 0. The molecule has 11 heavy (non-hydrogen) atoms. The van der Waals surface area contributed by atoms with Crippen molar-refractivity contribution in [2.24, 2.45) is 0 Å². The van der Waals surface area contributed by atoms with Crippen molar-refractivity contribution in [2.75, 3.05) is 0 Å². The molecule has 0 spiro atoms. The fourth-order valence-corrected chi connectivity index (χ4v) is 2.23. The summed E-state index contributed by atoms with van der Waals surface area (Å²) in [7, 11) is 0. The van der Waals surface area contributed by atoms with Crippen LogP contribution in [0.15, 0.2) is 25.6 Å². The molecule has 0 fully saturated rings. The van der Waals surface area contributed by atoms with E-state index in [1.54, 1.807) is 0 Å². The van der Waals surface area contributed by atoms with Crippen LogP contribution in [0.4, 0.5) is 0 Å². The van der Waals surface area contributed by atoms with Gasteiger partial charge in [-0.2, -0.15) is 0 Å². The lowest BCUT2D eigenvalue weighted by Gasteiger charge is -1.99. The molecule has 1 aromatic rings. The number of hydrogen-bond acceptors (Lipinski definition) is 0. The highest BCUT2D eigenvalue weighted by Crippen LogP contribution is 2.29. The molecule has 0 aliphatic rings. The first kappa shape index (κ1) is 9.31. The highest BCUT2D eigenvalue weighted by molar-refractivity contribution is 9.13. The Bertz CT molecular complexity index is 323. The van der Waals surface area contributed by atoms with E-state index in [9.17, 15) is 0 Å². The molecule has 56 valence electrons. The third-order valence-corrected chi connectivity index (χ3v) is 3.62. The fourth-order valence-electron chi connectivity index (χ4n) is 0.661. The van der Waals surface area contributed by atoms with E-state index in [1.165, 1.54) is 0 Å². The maximum atomic E-state index is 5.27. The maximum absolute atomic E-state index is 5.27. The average molecular weight is 339 g/mol. The first-order valence-corrected chi connectivity index (χ1v) is 5.14. The van der Waals surface area contributed by atoms with Crippen LogP contribution in [0.3, 0.4) is 0 Å². The van der Waals surface area contributed by atoms with Gasteiger partial charge in [0, 0.05) is 19.0 Å². The van der Waals surface area contributed by atoms with Gasteiger partial charge in [0.15, 0.2) is 0 Å². The predicted octanol–water partition coefficient (Wildman–Crippen LogP) is 3.96. The molecule has 0 amide bonds. The normalized spacial score (nSPS) is 9.27. The summed E-state index contributed by atoms with van der Waals surface area (Å²) in [4.78, 5) is 0. The van der Waals surface area contributed by atoms with Crippen LogP contribution < -0.4 is 0 Å². The molecule has 0 bridgehead atoms. The molecule has 0 atom stereocenters. The van der Waals surface area contributed by atoms with Gasteiger partial charge in [-0.1, -0.05) is 21.9 Å². The summed E-state index contributed by atoms with van der Waals surface area (Å²) in [6, 6.07) is 3.82. The van der Waals surface area contributed by atoms with Crippen molar-refractivity contribution < 1.29 is 0 Å². The third kappa shape index (κ3) is 2.08. The highest BCUT2D eigenvalue weighted by Gasteiger charge is 2.02. The van der Waals surface area contributed by atoms with Gasteiger partial charge < -0.3 is 0 Å². The van der Waals surface area contributed by atoms with Crippen LogP contribution in [0.5, 0.6) is 0 Å². The molecular weight excluding hydrogens is 336 g/mol. The van der Waals surface area contributed by atoms with E-state index in [4.69, 9.17) is 6.42 Å². The van der Waals surface area contributed by atoms with Crippen molar-refractivity contribution in [1.29, 1.82) is 0 Å². The maximum Gasteiger partial charge on any atom is 0.0474 e. The Morgan fingerprint density at radius 1 is 1.18 bits per heavy atom. The van der Waals surface area contributed by atoms with Crippen LogP contribution in [0.1, 0.15) is 5.56 Å². The molecule has 0 aromatic heterocycles. The molecule has 0 radical (unpaired) electrons. The van der Waals surface area contributed by atoms with Gasteiger partial charge in [-0.3, -0.25) is 0 Å². The zero-order valence-electron chi connectivity index (χ0n) is 5.37. The van der Waals surface area contributed by atoms with Crippen LogP contribution in [-0.2, 0) is 0 Å². The molecule has 0 aliphatic carbocycles. The topological polar surface area (TPSA) is 0 Å². The Balaban J connectivity index is 3.39. The second-order valence-electron chi connectivity index (χ2n) is 1.89. The van der Waals surface area contributed by atoms with Gasteiger partial charge in [-0.15, -0.1) is 6.42 Å². The zero-order valence-corrected chi connectivity index (χ0v) is 10.1. The molecule has 0 N–H and O–H groups in total. The van der Waals surface area contributed by atoms with Gasteiger partial charge in [-0.25, -0.2) is 0 Å². The number of hydrogen-bond donors (Lipinski definition) is 0. The third-order valence-electron chi connectivity index (χ3n) is 1.15. The number of terminal acetylenes is 1. The van der Waals surface area contributed by atoms with Crippen molar-refractivity contribution in [1.82, 2.24) is 0 Å². The molecule has 0 unspecified atom stereocenters. The van der Waals surface area contributed by atoms with E-state index in [2.05, 4.69) is 53.7 Å². The Labute approximate surface area is 90.8 Å². The van der Waals surface area contributed by atoms with Gasteiger partial charge in [0.25, 0.3) is 0 Å². The second-order valence-corrected chi connectivity index (χ2v) is 4.46. The minimum absolute atomic E-state index is 0.839. The van der Waals surface area contributed by atoms with E-state index in [0.29, 0.717) is 0 Å². The molecule has 0 saturated heterocycles. The summed E-state index contributed by atoms with van der Waals surface area (Å²) in [5.41, 5.74) is 0.839. The lowest BCUT2D eigenvalue weighted by atomic mass is 10.2. The average Bonchev–Trinajstić information content (AvgIpc) is 1.96. The van der Waals surface area contributed by atoms with Gasteiger partial charge >= 0.3 is 0 Å². The Hall–Kier alpha value is 0.220. The minimum Gasteiger partial charge on any atom is -0.115 e. The van der Waals surface area contributed by atoms with Crippen molar-refractivity contribution in [3.63, 3.8) is 0 Å². The first-order valence-electron chi connectivity index (χ1n) is 2.76. The van der Waals surface area contributed by atoms with E-state index in [-0.39, 0.29) is 0 Å². The van der Waals surface area contributed by atoms with Crippen LogP contribution in [0.25, 0.3) is 0 Å².